The van der Waals surface area contributed by atoms with Crippen molar-refractivity contribution in [3.63, 3.8) is 0 Å². The van der Waals surface area contributed by atoms with Crippen LogP contribution in [0.1, 0.15) is 25.1 Å². The Labute approximate surface area is 145 Å². The second-order valence-electron chi connectivity index (χ2n) is 6.11. The molecule has 0 unspecified atom stereocenters. The lowest BCUT2D eigenvalue weighted by molar-refractivity contribution is -0.118. The molecule has 0 aliphatic carbocycles. The van der Waals surface area contributed by atoms with Gasteiger partial charge in [-0.2, -0.15) is 9.78 Å². The van der Waals surface area contributed by atoms with Crippen LogP contribution >= 0.6 is 11.3 Å². The van der Waals surface area contributed by atoms with Gasteiger partial charge in [0.2, 0.25) is 11.0 Å². The summed E-state index contributed by atoms with van der Waals surface area (Å²) < 4.78 is 1.69. The number of anilines is 1. The molecular formula is C18H20N4OS. The smallest absolute Gasteiger partial charge is 0.228 e. The van der Waals surface area contributed by atoms with E-state index >= 15 is 0 Å². The van der Waals surface area contributed by atoms with E-state index in [1.165, 1.54) is 16.9 Å². The minimum Gasteiger partial charge on any atom is -0.310 e. The van der Waals surface area contributed by atoms with Crippen molar-refractivity contribution >= 4 is 23.1 Å². The van der Waals surface area contributed by atoms with Gasteiger partial charge in [-0.3, -0.25) is 4.79 Å². The molecule has 5 nitrogen and oxygen atoms in total. The lowest BCUT2D eigenvalue weighted by Crippen LogP contribution is -2.19. The highest BCUT2D eigenvalue weighted by Crippen LogP contribution is 2.26. The van der Waals surface area contributed by atoms with Crippen LogP contribution in [0.15, 0.2) is 35.7 Å². The van der Waals surface area contributed by atoms with Gasteiger partial charge in [0.15, 0.2) is 0 Å². The molecule has 24 heavy (non-hydrogen) atoms. The molecule has 0 bridgehead atoms. The zero-order valence-electron chi connectivity index (χ0n) is 14.2. The number of amides is 1. The number of carbonyl (C=O) groups excluding carboxylic acids is 1. The van der Waals surface area contributed by atoms with E-state index in [-0.39, 0.29) is 11.8 Å². The highest BCUT2D eigenvalue weighted by molar-refractivity contribution is 7.12. The molecule has 0 aliphatic heterocycles. The van der Waals surface area contributed by atoms with Gasteiger partial charge < -0.3 is 5.32 Å². The zero-order chi connectivity index (χ0) is 17.3. The van der Waals surface area contributed by atoms with Gasteiger partial charge in [-0.05, 0) is 13.8 Å². The predicted molar refractivity (Wildman–Crippen MR) is 97.6 cm³/mol. The molecule has 0 aliphatic rings. The monoisotopic (exact) mass is 340 g/mol. The predicted octanol–water partition coefficient (Wildman–Crippen LogP) is 4.21. The number of benzene rings is 1. The summed E-state index contributed by atoms with van der Waals surface area (Å²) in [4.78, 5) is 16.7. The van der Waals surface area contributed by atoms with Crippen LogP contribution in [0.2, 0.25) is 0 Å². The summed E-state index contributed by atoms with van der Waals surface area (Å²) in [6, 6.07) is 10.1. The number of thiazole rings is 1. The van der Waals surface area contributed by atoms with E-state index < -0.39 is 0 Å². The Morgan fingerprint density at radius 2 is 1.92 bits per heavy atom. The number of aromatic nitrogens is 3. The summed E-state index contributed by atoms with van der Waals surface area (Å²) in [5.41, 5.74) is 4.03. The lowest BCUT2D eigenvalue weighted by atomic mass is 10.1. The lowest BCUT2D eigenvalue weighted by Gasteiger charge is -2.08. The first-order chi connectivity index (χ1) is 11.4. The third-order valence-electron chi connectivity index (χ3n) is 3.63. The largest absolute Gasteiger partial charge is 0.310 e. The number of rotatable bonds is 4. The molecule has 0 radical (unpaired) electrons. The fourth-order valence-electron chi connectivity index (χ4n) is 2.22. The number of carbonyl (C=O) groups is 1. The molecule has 0 atom stereocenters. The van der Waals surface area contributed by atoms with Gasteiger partial charge in [0.1, 0.15) is 5.82 Å². The Hall–Kier alpha value is -2.47. The number of aryl methyl sites for hydroxylation is 2. The third-order valence-corrected chi connectivity index (χ3v) is 4.44. The van der Waals surface area contributed by atoms with Gasteiger partial charge in [0.25, 0.3) is 0 Å². The van der Waals surface area contributed by atoms with E-state index in [0.29, 0.717) is 5.82 Å². The average molecular weight is 340 g/mol. The Morgan fingerprint density at radius 1 is 1.21 bits per heavy atom. The van der Waals surface area contributed by atoms with E-state index in [4.69, 9.17) is 0 Å². The van der Waals surface area contributed by atoms with Crippen molar-refractivity contribution in [3.8, 4) is 16.4 Å². The van der Waals surface area contributed by atoms with Gasteiger partial charge in [-0.1, -0.05) is 43.7 Å². The van der Waals surface area contributed by atoms with E-state index in [0.717, 1.165) is 22.1 Å². The second-order valence-corrected chi connectivity index (χ2v) is 6.94. The first-order valence-corrected chi connectivity index (χ1v) is 8.72. The van der Waals surface area contributed by atoms with Crippen molar-refractivity contribution in [2.75, 3.05) is 5.32 Å². The van der Waals surface area contributed by atoms with Gasteiger partial charge in [-0.25, -0.2) is 4.98 Å². The minimum atomic E-state index is -0.0897. The highest BCUT2D eigenvalue weighted by atomic mass is 32.1. The molecule has 0 saturated heterocycles. The number of nitrogens with one attached hydrogen (secondary N) is 1. The Kier molecular flexibility index (Phi) is 4.49. The summed E-state index contributed by atoms with van der Waals surface area (Å²) in [5, 5.41) is 10.1. The van der Waals surface area contributed by atoms with Crippen LogP contribution in [0.4, 0.5) is 5.82 Å². The molecular weight excluding hydrogens is 320 g/mol. The van der Waals surface area contributed by atoms with E-state index in [1.54, 1.807) is 4.68 Å². The van der Waals surface area contributed by atoms with Gasteiger partial charge in [0, 0.05) is 22.9 Å². The molecule has 1 aromatic carbocycles. The van der Waals surface area contributed by atoms with Crippen LogP contribution in [0.3, 0.4) is 0 Å². The third kappa shape index (κ3) is 3.38. The van der Waals surface area contributed by atoms with Crippen LogP contribution in [0.25, 0.3) is 16.4 Å². The summed E-state index contributed by atoms with van der Waals surface area (Å²) in [7, 11) is 0. The molecule has 1 N–H and O–H groups in total. The summed E-state index contributed by atoms with van der Waals surface area (Å²) in [6.07, 6.45) is 0. The minimum absolute atomic E-state index is 0.0357. The van der Waals surface area contributed by atoms with Crippen molar-refractivity contribution in [2.45, 2.75) is 27.7 Å². The topological polar surface area (TPSA) is 59.8 Å². The van der Waals surface area contributed by atoms with Gasteiger partial charge in [-0.15, -0.1) is 11.3 Å². The maximum absolute atomic E-state index is 12.0. The molecule has 124 valence electrons. The first kappa shape index (κ1) is 16.4. The summed E-state index contributed by atoms with van der Waals surface area (Å²) in [5.74, 6) is 0.524. The van der Waals surface area contributed by atoms with Crippen LogP contribution in [0, 0.1) is 19.8 Å². The fourth-order valence-corrected chi connectivity index (χ4v) is 3.02. The Bertz CT molecular complexity index is 862. The molecule has 2 heterocycles. The van der Waals surface area contributed by atoms with Crippen LogP contribution in [-0.2, 0) is 4.79 Å². The Balaban J connectivity index is 1.93. The van der Waals surface area contributed by atoms with Crippen LogP contribution in [-0.4, -0.2) is 20.7 Å². The molecule has 0 spiro atoms. The van der Waals surface area contributed by atoms with Crippen molar-refractivity contribution < 1.29 is 4.79 Å². The standard InChI is InChI=1S/C18H20N4OS/c1-11(2)17(23)20-16-9-13(4)21-22(16)18-19-15(10-24-18)14-7-5-12(3)6-8-14/h5-11H,1-4H3,(H,20,23). The molecule has 0 fully saturated rings. The van der Waals surface area contributed by atoms with Crippen LogP contribution < -0.4 is 5.32 Å². The van der Waals surface area contributed by atoms with E-state index in [9.17, 15) is 4.79 Å². The molecule has 6 heteroatoms. The molecule has 2 aromatic heterocycles. The van der Waals surface area contributed by atoms with Gasteiger partial charge in [0.05, 0.1) is 11.4 Å². The Morgan fingerprint density at radius 3 is 2.58 bits per heavy atom. The summed E-state index contributed by atoms with van der Waals surface area (Å²) >= 11 is 1.50. The first-order valence-electron chi connectivity index (χ1n) is 7.84. The highest BCUT2D eigenvalue weighted by Gasteiger charge is 2.15. The second kappa shape index (κ2) is 6.57. The van der Waals surface area contributed by atoms with Crippen molar-refractivity contribution in [1.29, 1.82) is 0 Å². The SMILES string of the molecule is Cc1ccc(-c2csc(-n3nc(C)cc3NC(=O)C(C)C)n2)cc1. The van der Waals surface area contributed by atoms with Crippen molar-refractivity contribution in [3.05, 3.63) is 47.0 Å². The van der Waals surface area contributed by atoms with Crippen LogP contribution in [0.5, 0.6) is 0 Å². The maximum atomic E-state index is 12.0. The normalized spacial score (nSPS) is 11.0. The molecule has 3 aromatic rings. The van der Waals surface area contributed by atoms with E-state index in [1.807, 2.05) is 32.2 Å². The quantitative estimate of drug-likeness (QED) is 0.774. The number of nitrogens with zero attached hydrogens (tertiary/aromatic N) is 3. The zero-order valence-corrected chi connectivity index (χ0v) is 15.0. The average Bonchev–Trinajstić information content (AvgIpc) is 3.14. The van der Waals surface area contributed by atoms with Crippen molar-refractivity contribution in [2.24, 2.45) is 5.92 Å². The molecule has 3 rings (SSSR count). The van der Waals surface area contributed by atoms with Crippen molar-refractivity contribution in [1.82, 2.24) is 14.8 Å². The van der Waals surface area contributed by atoms with Gasteiger partial charge >= 0.3 is 0 Å². The van der Waals surface area contributed by atoms with E-state index in [2.05, 4.69) is 46.6 Å². The fraction of sp³-hybridized carbons (Fsp3) is 0.278. The number of hydrogen-bond acceptors (Lipinski definition) is 4. The molecule has 0 saturated carbocycles. The molecule has 1 amide bonds. The summed E-state index contributed by atoms with van der Waals surface area (Å²) in [6.45, 7) is 7.69. The number of hydrogen-bond donors (Lipinski definition) is 1. The maximum Gasteiger partial charge on any atom is 0.228 e.